The Bertz CT molecular complexity index is 701. The van der Waals surface area contributed by atoms with Crippen molar-refractivity contribution < 1.29 is 19.4 Å². The average Bonchev–Trinajstić information content (AvgIpc) is 3.43. The van der Waals surface area contributed by atoms with E-state index in [0.717, 1.165) is 69.8 Å². The molecule has 220 valence electrons. The Labute approximate surface area is 232 Å². The number of carbonyl (C=O) groups excluding carboxylic acids is 2. The van der Waals surface area contributed by atoms with Crippen molar-refractivity contribution in [3.8, 4) is 0 Å². The van der Waals surface area contributed by atoms with Crippen molar-refractivity contribution >= 4 is 11.8 Å². The van der Waals surface area contributed by atoms with Crippen molar-refractivity contribution in [3.05, 3.63) is 0 Å². The van der Waals surface area contributed by atoms with E-state index in [-0.39, 0.29) is 23.8 Å². The zero-order valence-corrected chi connectivity index (χ0v) is 24.6. The molecule has 6 atom stereocenters. The maximum absolute atomic E-state index is 13.3. The van der Waals surface area contributed by atoms with Crippen LogP contribution in [-0.4, -0.2) is 66.4 Å². The summed E-state index contributed by atoms with van der Waals surface area (Å²) in [6, 6.07) is -0.713. The smallest absolute Gasteiger partial charge is 0.237 e. The molecule has 2 aliphatic carbocycles. The lowest BCUT2D eigenvalue weighted by atomic mass is 9.66. The van der Waals surface area contributed by atoms with Crippen molar-refractivity contribution in [2.45, 2.75) is 135 Å². The van der Waals surface area contributed by atoms with E-state index >= 15 is 0 Å². The topological polar surface area (TPSA) is 90.9 Å². The fraction of sp³-hybridized carbons (Fsp3) is 0.935. The number of hydrogen-bond donors (Lipinski definition) is 3. The normalized spacial score (nSPS) is 27.2. The minimum atomic E-state index is -0.895. The second-order valence-corrected chi connectivity index (χ2v) is 12.2. The molecule has 3 N–H and O–H groups in total. The van der Waals surface area contributed by atoms with Crippen LogP contribution in [-0.2, 0) is 14.3 Å². The summed E-state index contributed by atoms with van der Waals surface area (Å²) in [7, 11) is 0. The highest BCUT2D eigenvalue weighted by atomic mass is 16.5. The van der Waals surface area contributed by atoms with E-state index < -0.39 is 12.3 Å². The van der Waals surface area contributed by atoms with Crippen LogP contribution in [0.5, 0.6) is 0 Å². The molecule has 7 nitrogen and oxygen atoms in total. The summed E-state index contributed by atoms with van der Waals surface area (Å²) in [6.45, 7) is 8.87. The SMILES string of the molecule is CCCOCCCNC(=O)C(CCC1CCC2CCCCC2C1)NC(O)C1CCCN1C(=O)C(CC)CC. The van der Waals surface area contributed by atoms with Crippen LogP contribution >= 0.6 is 0 Å². The van der Waals surface area contributed by atoms with Gasteiger partial charge >= 0.3 is 0 Å². The molecule has 3 fully saturated rings. The molecule has 6 unspecified atom stereocenters. The van der Waals surface area contributed by atoms with Crippen LogP contribution in [0.3, 0.4) is 0 Å². The molecule has 0 spiro atoms. The molecule has 1 saturated heterocycles. The minimum Gasteiger partial charge on any atom is -0.381 e. The fourth-order valence-corrected chi connectivity index (χ4v) is 7.26. The fourth-order valence-electron chi connectivity index (χ4n) is 7.26. The number of nitrogens with zero attached hydrogens (tertiary/aromatic N) is 1. The van der Waals surface area contributed by atoms with Gasteiger partial charge in [0, 0.05) is 32.2 Å². The van der Waals surface area contributed by atoms with Crippen LogP contribution in [0.1, 0.15) is 117 Å². The number of carbonyl (C=O) groups is 2. The summed E-state index contributed by atoms with van der Waals surface area (Å²) < 4.78 is 5.55. The third-order valence-electron chi connectivity index (χ3n) is 9.60. The van der Waals surface area contributed by atoms with Gasteiger partial charge in [-0.3, -0.25) is 14.9 Å². The highest BCUT2D eigenvalue weighted by Gasteiger charge is 2.38. The molecular weight excluding hydrogens is 478 g/mol. The van der Waals surface area contributed by atoms with E-state index in [2.05, 4.69) is 31.4 Å². The Kier molecular flexibility index (Phi) is 13.9. The van der Waals surface area contributed by atoms with Gasteiger partial charge in [0.15, 0.2) is 0 Å². The number of fused-ring (bicyclic) bond motifs is 1. The summed E-state index contributed by atoms with van der Waals surface area (Å²) in [5, 5.41) is 17.6. The summed E-state index contributed by atoms with van der Waals surface area (Å²) in [4.78, 5) is 28.3. The molecule has 0 aromatic carbocycles. The molecule has 3 rings (SSSR count). The quantitative estimate of drug-likeness (QED) is 0.191. The molecule has 0 radical (unpaired) electrons. The van der Waals surface area contributed by atoms with Gasteiger partial charge in [-0.15, -0.1) is 0 Å². The molecular formula is C31H57N3O4. The number of aliphatic hydroxyl groups excluding tert-OH is 1. The van der Waals surface area contributed by atoms with Crippen LogP contribution in [0, 0.1) is 23.7 Å². The number of hydrogen-bond acceptors (Lipinski definition) is 5. The molecule has 1 heterocycles. The van der Waals surface area contributed by atoms with Crippen molar-refractivity contribution in [1.29, 1.82) is 0 Å². The molecule has 38 heavy (non-hydrogen) atoms. The molecule has 2 saturated carbocycles. The van der Waals surface area contributed by atoms with Gasteiger partial charge < -0.3 is 20.1 Å². The Hall–Kier alpha value is -1.18. The zero-order valence-electron chi connectivity index (χ0n) is 24.6. The predicted molar refractivity (Wildman–Crippen MR) is 152 cm³/mol. The number of nitrogens with one attached hydrogen (secondary N) is 2. The second-order valence-electron chi connectivity index (χ2n) is 12.2. The molecule has 7 heteroatoms. The first kappa shape index (κ1) is 31.3. The summed E-state index contributed by atoms with van der Waals surface area (Å²) >= 11 is 0. The maximum Gasteiger partial charge on any atom is 0.237 e. The second kappa shape index (κ2) is 16.8. The number of amides is 2. The molecule has 1 aliphatic heterocycles. The highest BCUT2D eigenvalue weighted by molar-refractivity contribution is 5.82. The summed E-state index contributed by atoms with van der Waals surface area (Å²) in [5.74, 6) is 2.59. The van der Waals surface area contributed by atoms with Crippen LogP contribution in [0.2, 0.25) is 0 Å². The number of likely N-dealkylation sites (tertiary alicyclic amines) is 1. The van der Waals surface area contributed by atoms with Crippen molar-refractivity contribution in [2.24, 2.45) is 23.7 Å². The first-order chi connectivity index (χ1) is 18.5. The molecule has 3 aliphatic rings. The van der Waals surface area contributed by atoms with Gasteiger partial charge in [0.05, 0.1) is 12.1 Å². The van der Waals surface area contributed by atoms with E-state index in [1.54, 1.807) is 0 Å². The lowest BCUT2D eigenvalue weighted by Gasteiger charge is -2.40. The van der Waals surface area contributed by atoms with E-state index in [1.807, 2.05) is 4.90 Å². The zero-order chi connectivity index (χ0) is 27.3. The Balaban J connectivity index is 1.57. The van der Waals surface area contributed by atoms with Gasteiger partial charge in [0.2, 0.25) is 11.8 Å². The van der Waals surface area contributed by atoms with Crippen molar-refractivity contribution in [2.75, 3.05) is 26.3 Å². The van der Waals surface area contributed by atoms with E-state index in [1.165, 1.54) is 44.9 Å². The first-order valence-electron chi connectivity index (χ1n) is 16.1. The number of aliphatic hydroxyl groups is 1. The van der Waals surface area contributed by atoms with E-state index in [4.69, 9.17) is 4.74 Å². The third-order valence-corrected chi connectivity index (χ3v) is 9.60. The number of rotatable bonds is 16. The maximum atomic E-state index is 13.3. The van der Waals surface area contributed by atoms with Crippen LogP contribution in [0.4, 0.5) is 0 Å². The molecule has 0 bridgehead atoms. The molecule has 2 amide bonds. The van der Waals surface area contributed by atoms with Gasteiger partial charge in [-0.1, -0.05) is 52.9 Å². The monoisotopic (exact) mass is 535 g/mol. The minimum absolute atomic E-state index is 0.00624. The molecule has 0 aromatic rings. The van der Waals surface area contributed by atoms with Gasteiger partial charge in [-0.25, -0.2) is 0 Å². The van der Waals surface area contributed by atoms with Crippen molar-refractivity contribution in [1.82, 2.24) is 15.5 Å². The van der Waals surface area contributed by atoms with Crippen LogP contribution in [0.15, 0.2) is 0 Å². The highest BCUT2D eigenvalue weighted by Crippen LogP contribution is 2.44. The van der Waals surface area contributed by atoms with Crippen molar-refractivity contribution in [3.63, 3.8) is 0 Å². The summed E-state index contributed by atoms with van der Waals surface area (Å²) in [6.07, 6.45) is 15.4. The average molecular weight is 536 g/mol. The van der Waals surface area contributed by atoms with E-state index in [9.17, 15) is 14.7 Å². The Morgan fingerprint density at radius 2 is 1.74 bits per heavy atom. The van der Waals surface area contributed by atoms with Gasteiger partial charge in [0.25, 0.3) is 0 Å². The van der Waals surface area contributed by atoms with E-state index in [0.29, 0.717) is 25.6 Å². The lowest BCUT2D eigenvalue weighted by molar-refractivity contribution is -0.139. The third kappa shape index (κ3) is 9.19. The van der Waals surface area contributed by atoms with Crippen LogP contribution in [0.25, 0.3) is 0 Å². The van der Waals surface area contributed by atoms with Gasteiger partial charge in [-0.05, 0) is 82.0 Å². The van der Waals surface area contributed by atoms with Gasteiger partial charge in [-0.2, -0.15) is 0 Å². The first-order valence-corrected chi connectivity index (χ1v) is 16.1. The van der Waals surface area contributed by atoms with Gasteiger partial charge in [0.1, 0.15) is 6.23 Å². The van der Waals surface area contributed by atoms with Crippen LogP contribution < -0.4 is 10.6 Å². The predicted octanol–water partition coefficient (Wildman–Crippen LogP) is 5.01. The Morgan fingerprint density at radius 1 is 0.974 bits per heavy atom. The lowest BCUT2D eigenvalue weighted by Crippen LogP contribution is -2.56. The summed E-state index contributed by atoms with van der Waals surface area (Å²) in [5.41, 5.74) is 0. The number of ether oxygens (including phenoxy) is 1. The standard InChI is InChI=1S/C31H57N3O4/c1-4-20-38-21-10-18-32-29(35)27(17-15-23-14-16-25-11-7-8-12-26(25)22-23)33-30(36)28-13-9-19-34(28)31(37)24(5-2)6-3/h23-28,30,33,36H,4-22H2,1-3H3,(H,32,35). The largest absolute Gasteiger partial charge is 0.381 e. The Morgan fingerprint density at radius 3 is 2.47 bits per heavy atom. The molecule has 0 aromatic heterocycles.